The first-order valence-electron chi connectivity index (χ1n) is 6.25. The summed E-state index contributed by atoms with van der Waals surface area (Å²) >= 11 is 0. The predicted octanol–water partition coefficient (Wildman–Crippen LogP) is 1.19. The Morgan fingerprint density at radius 3 is 1.89 bits per heavy atom. The van der Waals surface area contributed by atoms with Crippen LogP contribution in [0.4, 0.5) is 12.9 Å². The SMILES string of the molecule is BB(F)c1cccc2c1Cc1c(B(F)F)cccc1-2. The number of hydrogen-bond acceptors (Lipinski definition) is 0. The highest BCUT2D eigenvalue weighted by Crippen LogP contribution is 2.34. The van der Waals surface area contributed by atoms with Gasteiger partial charge in [-0.15, -0.1) is 0 Å². The van der Waals surface area contributed by atoms with Crippen molar-refractivity contribution in [1.29, 1.82) is 0 Å². The highest BCUT2D eigenvalue weighted by Gasteiger charge is 2.29. The molecule has 2 aromatic carbocycles. The van der Waals surface area contributed by atoms with Crippen LogP contribution in [0.5, 0.6) is 0 Å². The van der Waals surface area contributed by atoms with Crippen molar-refractivity contribution < 1.29 is 12.9 Å². The molecule has 19 heavy (non-hydrogen) atoms. The highest BCUT2D eigenvalue weighted by molar-refractivity contribution is 7.07. The first kappa shape index (κ1) is 12.5. The number of rotatable bonds is 2. The molecule has 6 heteroatoms. The van der Waals surface area contributed by atoms with Gasteiger partial charge < -0.3 is 4.32 Å². The van der Waals surface area contributed by atoms with E-state index in [4.69, 9.17) is 0 Å². The summed E-state index contributed by atoms with van der Waals surface area (Å²) in [5.41, 5.74) is 3.86. The van der Waals surface area contributed by atoms with Gasteiger partial charge in [-0.05, 0) is 39.6 Å². The van der Waals surface area contributed by atoms with Crippen LogP contribution in [0.2, 0.25) is 0 Å². The molecule has 0 nitrogen and oxygen atoms in total. The van der Waals surface area contributed by atoms with E-state index in [1.165, 1.54) is 13.8 Å². The van der Waals surface area contributed by atoms with Gasteiger partial charge in [0, 0.05) is 0 Å². The van der Waals surface area contributed by atoms with Crippen LogP contribution in [0.25, 0.3) is 11.1 Å². The van der Waals surface area contributed by atoms with Crippen molar-refractivity contribution in [3.8, 4) is 11.1 Å². The van der Waals surface area contributed by atoms with E-state index < -0.39 is 14.1 Å². The fourth-order valence-electron chi connectivity index (χ4n) is 2.86. The number of hydrogen-bond donors (Lipinski definition) is 0. The molecular formula is C13H10B3F3. The van der Waals surface area contributed by atoms with Gasteiger partial charge in [0.2, 0.25) is 0 Å². The summed E-state index contributed by atoms with van der Waals surface area (Å²) in [6, 6.07) is 10.3. The van der Waals surface area contributed by atoms with Crippen LogP contribution in [-0.4, -0.2) is 21.9 Å². The molecule has 0 radical (unpaired) electrons. The van der Waals surface area contributed by atoms with Gasteiger partial charge in [-0.3, -0.25) is 8.63 Å². The normalized spacial score (nSPS) is 11.9. The van der Waals surface area contributed by atoms with Crippen molar-refractivity contribution in [1.82, 2.24) is 0 Å². The summed E-state index contributed by atoms with van der Waals surface area (Å²) in [4.78, 5) is 0. The molecule has 0 aliphatic heterocycles. The first-order valence-corrected chi connectivity index (χ1v) is 6.25. The van der Waals surface area contributed by atoms with Crippen molar-refractivity contribution in [3.63, 3.8) is 0 Å². The number of benzene rings is 2. The van der Waals surface area contributed by atoms with Crippen LogP contribution in [0.15, 0.2) is 36.4 Å². The molecule has 0 bridgehead atoms. The molecule has 1 aliphatic rings. The minimum atomic E-state index is -2.49. The molecule has 0 saturated heterocycles. The fraction of sp³-hybridized carbons (Fsp3) is 0.0769. The van der Waals surface area contributed by atoms with Crippen LogP contribution in [0.3, 0.4) is 0 Å². The third kappa shape index (κ3) is 1.90. The number of fused-ring (bicyclic) bond motifs is 3. The Hall–Kier alpha value is -1.58. The molecule has 92 valence electrons. The summed E-state index contributed by atoms with van der Waals surface area (Å²) in [5.74, 6) is 0. The summed E-state index contributed by atoms with van der Waals surface area (Å²) < 4.78 is 39.7. The maximum absolute atomic E-state index is 13.6. The summed E-state index contributed by atoms with van der Waals surface area (Å²) in [6.45, 7) is -1.08. The zero-order valence-corrected chi connectivity index (χ0v) is 10.5. The van der Waals surface area contributed by atoms with Gasteiger partial charge >= 0.3 is 14.1 Å². The third-order valence-electron chi connectivity index (χ3n) is 3.73. The average molecular weight is 256 g/mol. The Morgan fingerprint density at radius 2 is 1.37 bits per heavy atom. The van der Waals surface area contributed by atoms with Crippen molar-refractivity contribution in [2.75, 3.05) is 0 Å². The standard InChI is InChI=1S/C13H10B3F3/c14-15(17)12-5-1-3-8-9-4-2-6-13(16(18)19)11(9)7-10(8)12/h1-6H,7,14H2. The van der Waals surface area contributed by atoms with Gasteiger partial charge in [-0.25, -0.2) is 0 Å². The molecule has 2 aromatic rings. The molecule has 0 unspecified atom stereocenters. The van der Waals surface area contributed by atoms with E-state index in [-0.39, 0.29) is 5.46 Å². The second kappa shape index (κ2) is 4.51. The van der Waals surface area contributed by atoms with Gasteiger partial charge in [0.05, 0.1) is 0 Å². The Morgan fingerprint density at radius 1 is 0.842 bits per heavy atom. The second-order valence-corrected chi connectivity index (χ2v) is 4.84. The lowest BCUT2D eigenvalue weighted by molar-refractivity contribution is 0.684. The van der Waals surface area contributed by atoms with Gasteiger partial charge in [-0.1, -0.05) is 36.4 Å². The first-order chi connectivity index (χ1) is 9.09. The van der Waals surface area contributed by atoms with Crippen LogP contribution in [0.1, 0.15) is 11.1 Å². The molecule has 3 rings (SSSR count). The van der Waals surface area contributed by atoms with E-state index in [0.29, 0.717) is 17.4 Å². The molecule has 0 aromatic heterocycles. The van der Waals surface area contributed by atoms with E-state index in [0.717, 1.165) is 16.7 Å². The van der Waals surface area contributed by atoms with Gasteiger partial charge in [-0.2, -0.15) is 0 Å². The molecule has 1 aliphatic carbocycles. The molecule has 0 amide bonds. The highest BCUT2D eigenvalue weighted by atomic mass is 19.2. The Labute approximate surface area is 111 Å². The molecule has 0 N–H and O–H groups in total. The van der Waals surface area contributed by atoms with Gasteiger partial charge in [0.1, 0.15) is 7.74 Å². The average Bonchev–Trinajstić information content (AvgIpc) is 2.76. The topological polar surface area (TPSA) is 0 Å². The Balaban J connectivity index is 2.21. The van der Waals surface area contributed by atoms with Gasteiger partial charge in [0.25, 0.3) is 0 Å². The quantitative estimate of drug-likeness (QED) is 0.604. The third-order valence-corrected chi connectivity index (χ3v) is 3.73. The maximum atomic E-state index is 13.6. The zero-order chi connectivity index (χ0) is 13.6. The second-order valence-electron chi connectivity index (χ2n) is 4.84. The fourth-order valence-corrected chi connectivity index (χ4v) is 2.86. The monoisotopic (exact) mass is 256 g/mol. The Kier molecular flexibility index (Phi) is 2.96. The summed E-state index contributed by atoms with van der Waals surface area (Å²) in [5, 5.41) is 0. The van der Waals surface area contributed by atoms with Crippen molar-refractivity contribution in [3.05, 3.63) is 47.5 Å². The number of halogens is 3. The molecule has 0 saturated carbocycles. The van der Waals surface area contributed by atoms with Crippen LogP contribution in [0, 0.1) is 0 Å². The van der Waals surface area contributed by atoms with Gasteiger partial charge in [0.15, 0.2) is 0 Å². The van der Waals surface area contributed by atoms with E-state index >= 15 is 0 Å². The van der Waals surface area contributed by atoms with Crippen LogP contribution < -0.4 is 10.9 Å². The Bertz CT molecular complexity index is 586. The zero-order valence-electron chi connectivity index (χ0n) is 10.5. The largest absolute Gasteiger partial charge is 0.572 e. The maximum Gasteiger partial charge on any atom is 0.572 e. The molecule has 0 heterocycles. The molecule has 0 spiro atoms. The van der Waals surface area contributed by atoms with E-state index in [9.17, 15) is 12.9 Å². The van der Waals surface area contributed by atoms with E-state index in [1.54, 1.807) is 18.2 Å². The predicted molar refractivity (Wildman–Crippen MR) is 77.3 cm³/mol. The van der Waals surface area contributed by atoms with Crippen molar-refractivity contribution in [2.24, 2.45) is 0 Å². The lowest BCUT2D eigenvalue weighted by Crippen LogP contribution is -2.30. The smallest absolute Gasteiger partial charge is 0.341 e. The minimum Gasteiger partial charge on any atom is -0.341 e. The molecule has 0 fully saturated rings. The molecule has 0 atom stereocenters. The van der Waals surface area contributed by atoms with Crippen molar-refractivity contribution >= 4 is 32.8 Å². The van der Waals surface area contributed by atoms with Crippen LogP contribution >= 0.6 is 0 Å². The lowest BCUT2D eigenvalue weighted by atomic mass is 9.45. The lowest BCUT2D eigenvalue weighted by Gasteiger charge is -2.07. The molecular weight excluding hydrogens is 246 g/mol. The van der Waals surface area contributed by atoms with Crippen molar-refractivity contribution in [2.45, 2.75) is 6.42 Å². The summed E-state index contributed by atoms with van der Waals surface area (Å²) in [6.07, 6.45) is 0.398. The van der Waals surface area contributed by atoms with E-state index in [1.807, 2.05) is 12.1 Å². The van der Waals surface area contributed by atoms with Crippen LogP contribution in [-0.2, 0) is 6.42 Å². The summed E-state index contributed by atoms with van der Waals surface area (Å²) in [7, 11) is -1.01. The minimum absolute atomic E-state index is 0.0613. The van der Waals surface area contributed by atoms with E-state index in [2.05, 4.69) is 0 Å².